The Bertz CT molecular complexity index is 642. The van der Waals surface area contributed by atoms with Gasteiger partial charge < -0.3 is 24.4 Å². The van der Waals surface area contributed by atoms with Crippen LogP contribution in [0.25, 0.3) is 0 Å². The molecule has 0 saturated carbocycles. The third-order valence-electron chi connectivity index (χ3n) is 3.70. The van der Waals surface area contributed by atoms with Gasteiger partial charge in [-0.2, -0.15) is 0 Å². The monoisotopic (exact) mass is 394 g/mol. The number of nitrogens with zero attached hydrogens (tertiary/aromatic N) is 1. The van der Waals surface area contributed by atoms with Crippen LogP contribution in [-0.2, 0) is 25.6 Å². The predicted molar refractivity (Wildman–Crippen MR) is 104 cm³/mol. The zero-order valence-electron chi connectivity index (χ0n) is 17.2. The summed E-state index contributed by atoms with van der Waals surface area (Å²) in [4.78, 5) is 37.2. The number of carbonyl (C=O) groups is 3. The molecule has 0 bridgehead atoms. The summed E-state index contributed by atoms with van der Waals surface area (Å²) in [6, 6.07) is 8.86. The van der Waals surface area contributed by atoms with Crippen LogP contribution in [0.15, 0.2) is 30.3 Å². The van der Waals surface area contributed by atoms with E-state index >= 15 is 0 Å². The van der Waals surface area contributed by atoms with Crippen LogP contribution in [0.1, 0.15) is 39.7 Å². The van der Waals surface area contributed by atoms with Crippen molar-refractivity contribution in [3.63, 3.8) is 0 Å². The first-order valence-electron chi connectivity index (χ1n) is 9.13. The minimum Gasteiger partial charge on any atom is -0.469 e. The first-order valence-corrected chi connectivity index (χ1v) is 9.13. The topological polar surface area (TPSA) is 94.2 Å². The minimum atomic E-state index is -0.619. The van der Waals surface area contributed by atoms with Crippen LogP contribution < -0.4 is 5.32 Å². The average Bonchev–Trinajstić information content (AvgIpc) is 2.64. The summed E-state index contributed by atoms with van der Waals surface area (Å²) >= 11 is 0. The van der Waals surface area contributed by atoms with Crippen LogP contribution >= 0.6 is 0 Å². The van der Waals surface area contributed by atoms with Gasteiger partial charge in [0.2, 0.25) is 0 Å². The van der Waals surface area contributed by atoms with Gasteiger partial charge in [-0.05, 0) is 33.3 Å². The van der Waals surface area contributed by atoms with Gasteiger partial charge >= 0.3 is 18.2 Å². The number of rotatable bonds is 8. The Balaban J connectivity index is 2.66. The molecular weight excluding hydrogens is 364 g/mol. The molecule has 0 fully saturated rings. The summed E-state index contributed by atoms with van der Waals surface area (Å²) in [5, 5.41) is 2.62. The highest BCUT2D eigenvalue weighted by molar-refractivity contribution is 5.72. The highest BCUT2D eigenvalue weighted by Crippen LogP contribution is 2.09. The summed E-state index contributed by atoms with van der Waals surface area (Å²) in [6.45, 7) is 7.41. The fourth-order valence-corrected chi connectivity index (χ4v) is 2.26. The molecule has 1 aromatic carbocycles. The third-order valence-corrected chi connectivity index (χ3v) is 3.70. The molecule has 0 unspecified atom stereocenters. The van der Waals surface area contributed by atoms with Gasteiger partial charge in [-0.3, -0.25) is 4.79 Å². The Labute approximate surface area is 166 Å². The number of carbonyl (C=O) groups excluding carboxylic acids is 3. The van der Waals surface area contributed by atoms with E-state index in [0.717, 1.165) is 5.56 Å². The number of methoxy groups -OCH3 is 1. The van der Waals surface area contributed by atoms with Crippen molar-refractivity contribution >= 4 is 18.2 Å². The van der Waals surface area contributed by atoms with Crippen LogP contribution in [0.4, 0.5) is 9.59 Å². The Morgan fingerprint density at radius 1 is 1.14 bits per heavy atom. The molecule has 0 aromatic heterocycles. The molecule has 1 rings (SSSR count). The quantitative estimate of drug-likeness (QED) is 0.538. The van der Waals surface area contributed by atoms with Crippen molar-refractivity contribution in [2.75, 3.05) is 20.2 Å². The van der Waals surface area contributed by atoms with E-state index in [2.05, 4.69) is 10.1 Å². The molecule has 2 amide bonds. The zero-order valence-corrected chi connectivity index (χ0v) is 17.2. The number of benzene rings is 1. The second kappa shape index (κ2) is 11.2. The van der Waals surface area contributed by atoms with Gasteiger partial charge in [0, 0.05) is 19.1 Å². The number of alkyl carbamates (subject to hydrolysis) is 1. The van der Waals surface area contributed by atoms with Crippen molar-refractivity contribution in [3.05, 3.63) is 35.9 Å². The number of esters is 1. The molecule has 0 aliphatic rings. The molecule has 0 spiro atoms. The van der Waals surface area contributed by atoms with E-state index in [1.54, 1.807) is 27.7 Å². The van der Waals surface area contributed by atoms with Crippen molar-refractivity contribution < 1.29 is 28.6 Å². The molecule has 0 aliphatic carbocycles. The molecule has 1 N–H and O–H groups in total. The second-order valence-corrected chi connectivity index (χ2v) is 7.29. The molecule has 0 radical (unpaired) electrons. The first kappa shape index (κ1) is 23.3. The zero-order chi connectivity index (χ0) is 21.2. The average molecular weight is 394 g/mol. The molecule has 0 aliphatic heterocycles. The number of hydrogen-bond donors (Lipinski definition) is 1. The molecule has 156 valence electrons. The van der Waals surface area contributed by atoms with Gasteiger partial charge in [0.1, 0.15) is 12.2 Å². The van der Waals surface area contributed by atoms with Crippen LogP contribution in [0.2, 0.25) is 0 Å². The SMILES string of the molecule is COC(=O)CCN(C(=O)OCc1ccccc1)[C@H](C)CNC(=O)OC(C)(C)C. The van der Waals surface area contributed by atoms with E-state index < -0.39 is 29.8 Å². The van der Waals surface area contributed by atoms with E-state index in [1.165, 1.54) is 12.0 Å². The van der Waals surface area contributed by atoms with Gasteiger partial charge in [0.15, 0.2) is 0 Å². The number of nitrogens with one attached hydrogen (secondary N) is 1. The Hall–Kier alpha value is -2.77. The fraction of sp³-hybridized carbons (Fsp3) is 0.550. The molecule has 8 nitrogen and oxygen atoms in total. The molecule has 1 aromatic rings. The first-order chi connectivity index (χ1) is 13.1. The maximum atomic E-state index is 12.5. The highest BCUT2D eigenvalue weighted by atomic mass is 16.6. The standard InChI is InChI=1S/C20H30N2O6/c1-15(13-21-18(24)28-20(2,3)4)22(12-11-17(23)26-5)19(25)27-14-16-9-7-6-8-10-16/h6-10,15H,11-14H2,1-5H3,(H,21,24)/t15-/m1/s1. The van der Waals surface area contributed by atoms with Crippen LogP contribution in [0.3, 0.4) is 0 Å². The van der Waals surface area contributed by atoms with Gasteiger partial charge in [0.05, 0.1) is 13.5 Å². The van der Waals surface area contributed by atoms with Crippen LogP contribution in [0.5, 0.6) is 0 Å². The maximum Gasteiger partial charge on any atom is 0.410 e. The summed E-state index contributed by atoms with van der Waals surface area (Å²) in [6.07, 6.45) is -1.13. The molecule has 0 saturated heterocycles. The lowest BCUT2D eigenvalue weighted by atomic mass is 10.2. The van der Waals surface area contributed by atoms with Crippen molar-refractivity contribution in [2.45, 2.75) is 52.4 Å². The minimum absolute atomic E-state index is 0.0215. The largest absolute Gasteiger partial charge is 0.469 e. The molecule has 1 atom stereocenters. The molecule has 0 heterocycles. The maximum absolute atomic E-state index is 12.5. The Kier molecular flexibility index (Phi) is 9.27. The van der Waals surface area contributed by atoms with Crippen molar-refractivity contribution in [2.24, 2.45) is 0 Å². The van der Waals surface area contributed by atoms with Gasteiger partial charge in [-0.1, -0.05) is 30.3 Å². The summed E-state index contributed by atoms with van der Waals surface area (Å²) in [7, 11) is 1.29. The van der Waals surface area contributed by atoms with Crippen molar-refractivity contribution in [1.82, 2.24) is 10.2 Å². The second-order valence-electron chi connectivity index (χ2n) is 7.29. The highest BCUT2D eigenvalue weighted by Gasteiger charge is 2.24. The third kappa shape index (κ3) is 9.25. The van der Waals surface area contributed by atoms with Crippen molar-refractivity contribution in [1.29, 1.82) is 0 Å². The summed E-state index contributed by atoms with van der Waals surface area (Å²) in [5.74, 6) is -0.437. The predicted octanol–water partition coefficient (Wildman–Crippen LogP) is 3.10. The van der Waals surface area contributed by atoms with Crippen LogP contribution in [-0.4, -0.2) is 54.9 Å². The normalized spacial score (nSPS) is 11.9. The lowest BCUT2D eigenvalue weighted by Gasteiger charge is -2.29. The number of ether oxygens (including phenoxy) is 3. The van der Waals surface area contributed by atoms with E-state index in [9.17, 15) is 14.4 Å². The van der Waals surface area contributed by atoms with Gasteiger partial charge in [0.25, 0.3) is 0 Å². The van der Waals surface area contributed by atoms with E-state index in [0.29, 0.717) is 0 Å². The van der Waals surface area contributed by atoms with E-state index in [-0.39, 0.29) is 26.1 Å². The Morgan fingerprint density at radius 2 is 1.79 bits per heavy atom. The Morgan fingerprint density at radius 3 is 2.36 bits per heavy atom. The smallest absolute Gasteiger partial charge is 0.410 e. The number of amides is 2. The van der Waals surface area contributed by atoms with E-state index in [1.807, 2.05) is 30.3 Å². The fourth-order valence-electron chi connectivity index (χ4n) is 2.26. The van der Waals surface area contributed by atoms with Gasteiger partial charge in [-0.25, -0.2) is 9.59 Å². The van der Waals surface area contributed by atoms with Crippen molar-refractivity contribution in [3.8, 4) is 0 Å². The van der Waals surface area contributed by atoms with Crippen LogP contribution in [0, 0.1) is 0 Å². The summed E-state index contributed by atoms with van der Waals surface area (Å²) in [5.41, 5.74) is 0.232. The lowest BCUT2D eigenvalue weighted by molar-refractivity contribution is -0.140. The van der Waals surface area contributed by atoms with E-state index in [4.69, 9.17) is 9.47 Å². The molecule has 28 heavy (non-hydrogen) atoms. The molecular formula is C20H30N2O6. The van der Waals surface area contributed by atoms with Gasteiger partial charge in [-0.15, -0.1) is 0 Å². The molecule has 8 heteroatoms. The lowest BCUT2D eigenvalue weighted by Crippen LogP contribution is -2.47. The summed E-state index contributed by atoms with van der Waals surface area (Å²) < 4.78 is 15.2. The number of hydrogen-bond acceptors (Lipinski definition) is 6.